The van der Waals surface area contributed by atoms with E-state index in [9.17, 15) is 9.59 Å². The van der Waals surface area contributed by atoms with Gasteiger partial charge in [-0.2, -0.15) is 0 Å². The number of nitrogens with one attached hydrogen (secondary N) is 1. The van der Waals surface area contributed by atoms with Gasteiger partial charge in [0, 0.05) is 23.7 Å². The molecule has 30 heavy (non-hydrogen) atoms. The van der Waals surface area contributed by atoms with Crippen LogP contribution >= 0.6 is 0 Å². The lowest BCUT2D eigenvalue weighted by molar-refractivity contribution is -0.155. The molecule has 2 aromatic rings. The summed E-state index contributed by atoms with van der Waals surface area (Å²) < 4.78 is 27.2. The normalized spacial score (nSPS) is 16.2. The fraction of sp³-hybridized carbons (Fsp3) is 0.364. The molecule has 8 heteroatoms. The minimum atomic E-state index is -0.997. The third kappa shape index (κ3) is 4.27. The van der Waals surface area contributed by atoms with Crippen LogP contribution in [0.5, 0.6) is 23.0 Å². The second-order valence-electron chi connectivity index (χ2n) is 7.76. The molecule has 0 bridgehead atoms. The second kappa shape index (κ2) is 7.78. The SMILES string of the molecule is CC(OC(=O)COc1cccc2c1OC(C)(C)C2)C(=O)Nc1ccc2c(c1)OCO2. The zero-order valence-corrected chi connectivity index (χ0v) is 17.0. The molecule has 0 saturated heterocycles. The molecule has 8 nitrogen and oxygen atoms in total. The number of carbonyl (C=O) groups excluding carboxylic acids is 2. The summed E-state index contributed by atoms with van der Waals surface area (Å²) in [5.41, 5.74) is 1.23. The van der Waals surface area contributed by atoms with Gasteiger partial charge in [-0.1, -0.05) is 12.1 Å². The van der Waals surface area contributed by atoms with E-state index < -0.39 is 18.0 Å². The van der Waals surface area contributed by atoms with Crippen molar-refractivity contribution in [3.8, 4) is 23.0 Å². The summed E-state index contributed by atoms with van der Waals surface area (Å²) in [4.78, 5) is 24.5. The van der Waals surface area contributed by atoms with Crippen molar-refractivity contribution in [3.05, 3.63) is 42.0 Å². The van der Waals surface area contributed by atoms with Crippen molar-refractivity contribution in [2.24, 2.45) is 0 Å². The van der Waals surface area contributed by atoms with Crippen LogP contribution in [0.1, 0.15) is 26.3 Å². The van der Waals surface area contributed by atoms with Gasteiger partial charge in [-0.25, -0.2) is 4.79 Å². The lowest BCUT2D eigenvalue weighted by Crippen LogP contribution is -2.31. The van der Waals surface area contributed by atoms with Gasteiger partial charge in [0.15, 0.2) is 35.7 Å². The Morgan fingerprint density at radius 2 is 1.97 bits per heavy atom. The van der Waals surface area contributed by atoms with Crippen LogP contribution in [0.25, 0.3) is 0 Å². The Kier molecular flexibility index (Phi) is 5.15. The van der Waals surface area contributed by atoms with E-state index in [4.69, 9.17) is 23.7 Å². The predicted molar refractivity (Wildman–Crippen MR) is 107 cm³/mol. The van der Waals surface area contributed by atoms with Crippen molar-refractivity contribution < 1.29 is 33.3 Å². The van der Waals surface area contributed by atoms with Crippen LogP contribution in [0, 0.1) is 0 Å². The van der Waals surface area contributed by atoms with Gasteiger partial charge in [-0.15, -0.1) is 0 Å². The first-order chi connectivity index (χ1) is 14.3. The molecule has 1 unspecified atom stereocenters. The highest BCUT2D eigenvalue weighted by Crippen LogP contribution is 2.41. The molecule has 2 heterocycles. The number of ether oxygens (including phenoxy) is 5. The van der Waals surface area contributed by atoms with Gasteiger partial charge >= 0.3 is 5.97 Å². The number of fused-ring (bicyclic) bond motifs is 2. The standard InChI is InChI=1S/C22H23NO7/c1-13(21(25)23-15-7-8-16-18(9-15)28-12-27-16)29-19(24)11-26-17-6-4-5-14-10-22(2,3)30-20(14)17/h4-9,13H,10-12H2,1-3H3,(H,23,25). The maximum atomic E-state index is 12.3. The maximum absolute atomic E-state index is 12.3. The van der Waals surface area contributed by atoms with Crippen molar-refractivity contribution in [2.75, 3.05) is 18.7 Å². The summed E-state index contributed by atoms with van der Waals surface area (Å²) in [6.45, 7) is 5.29. The number of para-hydroxylation sites is 1. The summed E-state index contributed by atoms with van der Waals surface area (Å²) in [5.74, 6) is 1.17. The molecule has 1 amide bonds. The van der Waals surface area contributed by atoms with Crippen LogP contribution in [0.4, 0.5) is 5.69 Å². The van der Waals surface area contributed by atoms with Crippen LogP contribution in [0.2, 0.25) is 0 Å². The molecule has 0 saturated carbocycles. The Labute approximate surface area is 174 Å². The molecule has 1 atom stereocenters. The molecule has 4 rings (SSSR count). The predicted octanol–water partition coefficient (Wildman–Crippen LogP) is 3.08. The van der Waals surface area contributed by atoms with Gasteiger partial charge < -0.3 is 29.0 Å². The Hall–Kier alpha value is -3.42. The molecule has 2 aliphatic heterocycles. The number of rotatable bonds is 6. The van der Waals surface area contributed by atoms with Crippen LogP contribution in [-0.4, -0.2) is 37.0 Å². The Morgan fingerprint density at radius 3 is 2.80 bits per heavy atom. The Morgan fingerprint density at radius 1 is 1.17 bits per heavy atom. The van der Waals surface area contributed by atoms with Crippen molar-refractivity contribution in [1.29, 1.82) is 0 Å². The van der Waals surface area contributed by atoms with Crippen molar-refractivity contribution in [2.45, 2.75) is 38.9 Å². The highest BCUT2D eigenvalue weighted by molar-refractivity contribution is 5.95. The molecular formula is C22H23NO7. The number of hydrogen-bond acceptors (Lipinski definition) is 7. The third-order valence-electron chi connectivity index (χ3n) is 4.72. The summed E-state index contributed by atoms with van der Waals surface area (Å²) in [6.07, 6.45) is -0.232. The highest BCUT2D eigenvalue weighted by Gasteiger charge is 2.32. The average molecular weight is 413 g/mol. The van der Waals surface area contributed by atoms with Crippen LogP contribution < -0.4 is 24.3 Å². The highest BCUT2D eigenvalue weighted by atomic mass is 16.7. The Bertz CT molecular complexity index is 985. The van der Waals surface area contributed by atoms with Crippen LogP contribution in [-0.2, 0) is 20.7 Å². The molecule has 0 radical (unpaired) electrons. The van der Waals surface area contributed by atoms with Gasteiger partial charge in [0.05, 0.1) is 0 Å². The van der Waals surface area contributed by atoms with Crippen LogP contribution in [0.3, 0.4) is 0 Å². The first kappa shape index (κ1) is 19.9. The molecule has 1 N–H and O–H groups in total. The number of carbonyl (C=O) groups is 2. The molecular weight excluding hydrogens is 390 g/mol. The molecule has 0 aliphatic carbocycles. The number of benzene rings is 2. The van der Waals surface area contributed by atoms with E-state index in [1.807, 2.05) is 26.0 Å². The minimum Gasteiger partial charge on any atom is -0.483 e. The average Bonchev–Trinajstić information content (AvgIpc) is 3.28. The number of esters is 1. The minimum absolute atomic E-state index is 0.147. The monoisotopic (exact) mass is 413 g/mol. The zero-order chi connectivity index (χ0) is 21.3. The van der Waals surface area contributed by atoms with E-state index in [-0.39, 0.29) is 19.0 Å². The van der Waals surface area contributed by atoms with Crippen molar-refractivity contribution in [3.63, 3.8) is 0 Å². The lowest BCUT2D eigenvalue weighted by Gasteiger charge is -2.18. The lowest BCUT2D eigenvalue weighted by atomic mass is 10.0. The van der Waals surface area contributed by atoms with E-state index >= 15 is 0 Å². The van der Waals surface area contributed by atoms with Gasteiger partial charge in [-0.3, -0.25) is 4.79 Å². The third-order valence-corrected chi connectivity index (χ3v) is 4.72. The fourth-order valence-electron chi connectivity index (χ4n) is 3.34. The summed E-state index contributed by atoms with van der Waals surface area (Å²) >= 11 is 0. The number of hydrogen-bond donors (Lipinski definition) is 1. The first-order valence-corrected chi connectivity index (χ1v) is 9.64. The van der Waals surface area contributed by atoms with Gasteiger partial charge in [-0.05, 0) is 39.0 Å². The van der Waals surface area contributed by atoms with Crippen molar-refractivity contribution in [1.82, 2.24) is 0 Å². The van der Waals surface area contributed by atoms with E-state index in [1.54, 1.807) is 24.3 Å². The molecule has 158 valence electrons. The number of amides is 1. The largest absolute Gasteiger partial charge is 0.483 e. The van der Waals surface area contributed by atoms with Crippen LogP contribution in [0.15, 0.2) is 36.4 Å². The van der Waals surface area contributed by atoms with E-state index in [1.165, 1.54) is 6.92 Å². The second-order valence-corrected chi connectivity index (χ2v) is 7.76. The topological polar surface area (TPSA) is 92.3 Å². The molecule has 0 aromatic heterocycles. The molecule has 2 aromatic carbocycles. The first-order valence-electron chi connectivity index (χ1n) is 9.64. The molecule has 0 spiro atoms. The van der Waals surface area contributed by atoms with E-state index in [0.29, 0.717) is 28.7 Å². The quantitative estimate of drug-likeness (QED) is 0.728. The van der Waals surface area contributed by atoms with E-state index in [2.05, 4.69) is 5.32 Å². The van der Waals surface area contributed by atoms with Gasteiger partial charge in [0.2, 0.25) is 6.79 Å². The van der Waals surface area contributed by atoms with E-state index in [0.717, 1.165) is 12.0 Å². The van der Waals surface area contributed by atoms with Crippen molar-refractivity contribution >= 4 is 17.6 Å². The fourth-order valence-corrected chi connectivity index (χ4v) is 3.34. The summed E-state index contributed by atoms with van der Waals surface area (Å²) in [6, 6.07) is 10.6. The summed E-state index contributed by atoms with van der Waals surface area (Å²) in [5, 5.41) is 2.68. The van der Waals surface area contributed by atoms with Gasteiger partial charge in [0.1, 0.15) is 5.60 Å². The maximum Gasteiger partial charge on any atom is 0.344 e. The summed E-state index contributed by atoms with van der Waals surface area (Å²) in [7, 11) is 0. The molecule has 2 aliphatic rings. The zero-order valence-electron chi connectivity index (χ0n) is 17.0. The number of anilines is 1. The molecule has 0 fully saturated rings. The van der Waals surface area contributed by atoms with Gasteiger partial charge in [0.25, 0.3) is 5.91 Å². The smallest absolute Gasteiger partial charge is 0.344 e. The Balaban J connectivity index is 1.29.